The number of rotatable bonds is 4. The van der Waals surface area contributed by atoms with Crippen molar-refractivity contribution in [3.63, 3.8) is 0 Å². The molecule has 0 aliphatic carbocycles. The van der Waals surface area contributed by atoms with E-state index in [9.17, 15) is 4.79 Å². The molecule has 122 valence electrons. The summed E-state index contributed by atoms with van der Waals surface area (Å²) in [6.07, 6.45) is 2.03. The molecule has 0 spiro atoms. The topological polar surface area (TPSA) is 55.6 Å². The highest BCUT2D eigenvalue weighted by Gasteiger charge is 2.32. The number of nitrogens with zero attached hydrogens (tertiary/aromatic N) is 1. The first kappa shape index (κ1) is 17.0. The highest BCUT2D eigenvalue weighted by Crippen LogP contribution is 2.33. The fourth-order valence-corrected chi connectivity index (χ4v) is 3.05. The zero-order valence-corrected chi connectivity index (χ0v) is 14.1. The Hall–Kier alpha value is -1.39. The van der Waals surface area contributed by atoms with Crippen LogP contribution in [0.25, 0.3) is 0 Å². The third kappa shape index (κ3) is 3.68. The molecule has 1 heterocycles. The van der Waals surface area contributed by atoms with Crippen molar-refractivity contribution >= 4 is 5.91 Å². The Morgan fingerprint density at radius 1 is 1.36 bits per heavy atom. The summed E-state index contributed by atoms with van der Waals surface area (Å²) in [6.45, 7) is 7.67. The first-order valence-electron chi connectivity index (χ1n) is 8.00. The highest BCUT2D eigenvalue weighted by atomic mass is 16.5. The van der Waals surface area contributed by atoms with Crippen molar-refractivity contribution in [1.29, 1.82) is 0 Å². The van der Waals surface area contributed by atoms with Gasteiger partial charge >= 0.3 is 0 Å². The van der Waals surface area contributed by atoms with Crippen molar-refractivity contribution in [2.45, 2.75) is 51.1 Å². The molecule has 1 aliphatic heterocycles. The van der Waals surface area contributed by atoms with Crippen LogP contribution >= 0.6 is 0 Å². The second-order valence-electron chi connectivity index (χ2n) is 7.12. The molecule has 4 nitrogen and oxygen atoms in total. The fourth-order valence-electron chi connectivity index (χ4n) is 3.05. The van der Waals surface area contributed by atoms with Crippen LogP contribution in [-0.2, 0) is 14.9 Å². The van der Waals surface area contributed by atoms with Crippen LogP contribution in [0.2, 0.25) is 0 Å². The fraction of sp³-hybridized carbons (Fsp3) is 0.611. The third-order valence-corrected chi connectivity index (χ3v) is 4.36. The maximum Gasteiger partial charge on any atom is 0.242 e. The van der Waals surface area contributed by atoms with Gasteiger partial charge in [-0.2, -0.15) is 0 Å². The minimum absolute atomic E-state index is 0.00996. The minimum Gasteiger partial charge on any atom is -0.383 e. The summed E-state index contributed by atoms with van der Waals surface area (Å²) in [4.78, 5) is 14.4. The van der Waals surface area contributed by atoms with Gasteiger partial charge in [0.25, 0.3) is 0 Å². The molecule has 2 rings (SSSR count). The van der Waals surface area contributed by atoms with E-state index in [0.717, 1.165) is 19.4 Å². The number of likely N-dealkylation sites (tertiary alicyclic amines) is 1. The summed E-state index contributed by atoms with van der Waals surface area (Å²) in [5.41, 5.74) is 8.56. The van der Waals surface area contributed by atoms with Gasteiger partial charge in [-0.15, -0.1) is 0 Å². The van der Waals surface area contributed by atoms with E-state index in [1.807, 2.05) is 4.90 Å². The van der Waals surface area contributed by atoms with E-state index in [2.05, 4.69) is 45.0 Å². The molecule has 2 unspecified atom stereocenters. The first-order valence-corrected chi connectivity index (χ1v) is 8.00. The van der Waals surface area contributed by atoms with Gasteiger partial charge in [-0.25, -0.2) is 0 Å². The number of nitrogens with two attached hydrogens (primary N) is 1. The third-order valence-electron chi connectivity index (χ3n) is 4.36. The molecule has 1 amide bonds. The largest absolute Gasteiger partial charge is 0.383 e. The van der Waals surface area contributed by atoms with Gasteiger partial charge in [0, 0.05) is 13.7 Å². The molecular formula is C18H28N2O2. The van der Waals surface area contributed by atoms with Gasteiger partial charge in [0.1, 0.15) is 6.04 Å². The summed E-state index contributed by atoms with van der Waals surface area (Å²) in [5, 5.41) is 0. The van der Waals surface area contributed by atoms with Gasteiger partial charge in [-0.3, -0.25) is 4.79 Å². The van der Waals surface area contributed by atoms with Gasteiger partial charge in [0.15, 0.2) is 0 Å². The average molecular weight is 304 g/mol. The summed E-state index contributed by atoms with van der Waals surface area (Å²) < 4.78 is 5.01. The van der Waals surface area contributed by atoms with Crippen LogP contribution in [0.1, 0.15) is 50.8 Å². The minimum atomic E-state index is -0.570. The van der Waals surface area contributed by atoms with Gasteiger partial charge in [-0.1, -0.05) is 45.0 Å². The van der Waals surface area contributed by atoms with E-state index < -0.39 is 6.04 Å². The molecule has 2 N–H and O–H groups in total. The zero-order chi connectivity index (χ0) is 16.3. The number of ether oxygens (including phenoxy) is 1. The monoisotopic (exact) mass is 304 g/mol. The van der Waals surface area contributed by atoms with E-state index in [1.165, 1.54) is 11.1 Å². The zero-order valence-electron chi connectivity index (χ0n) is 14.1. The summed E-state index contributed by atoms with van der Waals surface area (Å²) >= 11 is 0. The van der Waals surface area contributed by atoms with Gasteiger partial charge in [0.05, 0.1) is 12.6 Å². The molecule has 4 heteroatoms. The summed E-state index contributed by atoms with van der Waals surface area (Å²) in [5.74, 6) is -0.00996. The molecule has 1 fully saturated rings. The van der Waals surface area contributed by atoms with E-state index in [1.54, 1.807) is 7.11 Å². The van der Waals surface area contributed by atoms with Crippen molar-refractivity contribution in [3.05, 3.63) is 35.4 Å². The molecule has 1 aromatic rings. The maximum atomic E-state index is 12.5. The van der Waals surface area contributed by atoms with Crippen molar-refractivity contribution in [3.8, 4) is 0 Å². The lowest BCUT2D eigenvalue weighted by molar-refractivity contribution is -0.134. The van der Waals surface area contributed by atoms with Crippen molar-refractivity contribution in [2.75, 3.05) is 20.3 Å². The number of methoxy groups -OCH3 is 1. The van der Waals surface area contributed by atoms with Crippen molar-refractivity contribution < 1.29 is 9.53 Å². The van der Waals surface area contributed by atoms with Crippen molar-refractivity contribution in [1.82, 2.24) is 4.90 Å². The molecule has 1 aliphatic rings. The first-order chi connectivity index (χ1) is 10.3. The second kappa shape index (κ2) is 6.80. The molecule has 0 saturated carbocycles. The Bertz CT molecular complexity index is 505. The number of benzene rings is 1. The number of carbonyl (C=O) groups is 1. The van der Waals surface area contributed by atoms with Crippen LogP contribution in [0.3, 0.4) is 0 Å². The predicted octanol–water partition coefficient (Wildman–Crippen LogP) is 2.62. The summed E-state index contributed by atoms with van der Waals surface area (Å²) in [7, 11) is 1.57. The molecule has 1 saturated heterocycles. The Morgan fingerprint density at radius 3 is 2.55 bits per heavy atom. The predicted molar refractivity (Wildman–Crippen MR) is 88.7 cm³/mol. The lowest BCUT2D eigenvalue weighted by Crippen LogP contribution is -2.45. The van der Waals surface area contributed by atoms with Gasteiger partial charge < -0.3 is 15.4 Å². The molecule has 1 aromatic carbocycles. The summed E-state index contributed by atoms with van der Waals surface area (Å²) in [6, 6.07) is 8.22. The van der Waals surface area contributed by atoms with Crippen LogP contribution in [0, 0.1) is 0 Å². The molecule has 0 bridgehead atoms. The van der Waals surface area contributed by atoms with E-state index >= 15 is 0 Å². The Balaban J connectivity index is 2.15. The van der Waals surface area contributed by atoms with Gasteiger partial charge in [0.2, 0.25) is 5.91 Å². The highest BCUT2D eigenvalue weighted by molar-refractivity contribution is 5.82. The normalized spacial score (nSPS) is 20.2. The second-order valence-corrected chi connectivity index (χ2v) is 7.12. The number of amides is 1. The molecular weight excluding hydrogens is 276 g/mol. The molecule has 0 radical (unpaired) electrons. The quantitative estimate of drug-likeness (QED) is 0.930. The maximum absolute atomic E-state index is 12.5. The van der Waals surface area contributed by atoms with Crippen LogP contribution in [0.5, 0.6) is 0 Å². The Labute approximate surface area is 133 Å². The Kier molecular flexibility index (Phi) is 5.24. The van der Waals surface area contributed by atoms with E-state index in [-0.39, 0.29) is 24.0 Å². The smallest absolute Gasteiger partial charge is 0.242 e. The van der Waals surface area contributed by atoms with Crippen LogP contribution in [-0.4, -0.2) is 37.1 Å². The van der Waals surface area contributed by atoms with Crippen LogP contribution in [0.4, 0.5) is 0 Å². The number of hydrogen-bond donors (Lipinski definition) is 1. The Morgan fingerprint density at radius 2 is 2.00 bits per heavy atom. The lowest BCUT2D eigenvalue weighted by atomic mass is 9.86. The van der Waals surface area contributed by atoms with E-state index in [0.29, 0.717) is 0 Å². The van der Waals surface area contributed by atoms with Crippen LogP contribution < -0.4 is 5.73 Å². The van der Waals surface area contributed by atoms with Crippen LogP contribution in [0.15, 0.2) is 24.3 Å². The average Bonchev–Trinajstić information content (AvgIpc) is 2.95. The SMILES string of the molecule is COCC(N)C(=O)N1CCCC1c1ccc(C(C)(C)C)cc1. The molecule has 2 atom stereocenters. The van der Waals surface area contributed by atoms with Gasteiger partial charge in [-0.05, 0) is 29.4 Å². The molecule has 0 aromatic heterocycles. The number of carbonyl (C=O) groups excluding carboxylic acids is 1. The standard InChI is InChI=1S/C18H28N2O2/c1-18(2,3)14-9-7-13(8-10-14)16-6-5-11-20(16)17(21)15(19)12-22-4/h7-10,15-16H,5-6,11-12,19H2,1-4H3. The van der Waals surface area contributed by atoms with E-state index in [4.69, 9.17) is 10.5 Å². The number of hydrogen-bond acceptors (Lipinski definition) is 3. The van der Waals surface area contributed by atoms with Crippen molar-refractivity contribution in [2.24, 2.45) is 5.73 Å². The molecule has 22 heavy (non-hydrogen) atoms. The lowest BCUT2D eigenvalue weighted by Gasteiger charge is -2.28.